The van der Waals surface area contributed by atoms with E-state index in [2.05, 4.69) is 9.97 Å². The van der Waals surface area contributed by atoms with Crippen LogP contribution in [0.1, 0.15) is 34.2 Å². The van der Waals surface area contributed by atoms with Crippen LogP contribution in [0.2, 0.25) is 0 Å². The summed E-state index contributed by atoms with van der Waals surface area (Å²) in [6.07, 6.45) is 0. The Morgan fingerprint density at radius 1 is 1.03 bits per heavy atom. The van der Waals surface area contributed by atoms with Crippen molar-refractivity contribution in [2.45, 2.75) is 27.3 Å². The molecule has 0 radical (unpaired) electrons. The van der Waals surface area contributed by atoms with Gasteiger partial charge in [0.25, 0.3) is 5.91 Å². The van der Waals surface area contributed by atoms with Gasteiger partial charge in [-0.05, 0) is 56.7 Å². The van der Waals surface area contributed by atoms with E-state index in [1.54, 1.807) is 30.3 Å². The molecule has 0 spiro atoms. The zero-order chi connectivity index (χ0) is 21.0. The molecule has 1 heterocycles. The van der Waals surface area contributed by atoms with Crippen LogP contribution in [0.3, 0.4) is 0 Å². The van der Waals surface area contributed by atoms with Crippen molar-refractivity contribution < 1.29 is 18.7 Å². The summed E-state index contributed by atoms with van der Waals surface area (Å²) in [5.74, 6) is -1.32. The Kier molecular flexibility index (Phi) is 6.16. The molecular formula is C22H22FN3O3. The second-order valence-corrected chi connectivity index (χ2v) is 6.71. The molecule has 0 saturated heterocycles. The van der Waals surface area contributed by atoms with Gasteiger partial charge < -0.3 is 9.64 Å². The highest BCUT2D eigenvalue weighted by Crippen LogP contribution is 2.15. The van der Waals surface area contributed by atoms with E-state index in [1.165, 1.54) is 17.0 Å². The van der Waals surface area contributed by atoms with Crippen molar-refractivity contribution in [1.29, 1.82) is 0 Å². The predicted octanol–water partition coefficient (Wildman–Crippen LogP) is 3.59. The first-order valence-corrected chi connectivity index (χ1v) is 9.31. The van der Waals surface area contributed by atoms with Crippen molar-refractivity contribution in [3.8, 4) is 0 Å². The van der Waals surface area contributed by atoms with Crippen molar-refractivity contribution >= 4 is 22.9 Å². The van der Waals surface area contributed by atoms with Crippen LogP contribution in [-0.2, 0) is 16.1 Å². The highest BCUT2D eigenvalue weighted by atomic mass is 19.1. The quantitative estimate of drug-likeness (QED) is 0.597. The molecule has 0 aliphatic heterocycles. The van der Waals surface area contributed by atoms with Crippen LogP contribution < -0.4 is 0 Å². The maximum Gasteiger partial charge on any atom is 0.338 e. The fourth-order valence-electron chi connectivity index (χ4n) is 2.89. The van der Waals surface area contributed by atoms with E-state index in [0.717, 1.165) is 11.4 Å². The molecule has 2 aromatic carbocycles. The van der Waals surface area contributed by atoms with Gasteiger partial charge in [0, 0.05) is 13.1 Å². The van der Waals surface area contributed by atoms with Crippen LogP contribution in [-0.4, -0.2) is 39.9 Å². The third-order valence-electron chi connectivity index (χ3n) is 4.63. The lowest BCUT2D eigenvalue weighted by Crippen LogP contribution is -2.34. The summed E-state index contributed by atoms with van der Waals surface area (Å²) < 4.78 is 18.5. The molecule has 0 unspecified atom stereocenters. The van der Waals surface area contributed by atoms with E-state index < -0.39 is 12.6 Å². The van der Waals surface area contributed by atoms with Crippen LogP contribution in [0.4, 0.5) is 4.39 Å². The van der Waals surface area contributed by atoms with Crippen molar-refractivity contribution in [2.24, 2.45) is 0 Å². The molecule has 150 valence electrons. The molecule has 0 bridgehead atoms. The molecule has 3 rings (SSSR count). The van der Waals surface area contributed by atoms with Gasteiger partial charge in [0.1, 0.15) is 5.82 Å². The van der Waals surface area contributed by atoms with Gasteiger partial charge >= 0.3 is 5.97 Å². The number of fused-ring (bicyclic) bond motifs is 1. The van der Waals surface area contributed by atoms with Crippen molar-refractivity contribution in [2.75, 3.05) is 13.2 Å². The number of halogens is 1. The smallest absolute Gasteiger partial charge is 0.338 e. The van der Waals surface area contributed by atoms with Crippen molar-refractivity contribution in [3.05, 3.63) is 70.8 Å². The molecule has 0 N–H and O–H groups in total. The molecule has 29 heavy (non-hydrogen) atoms. The number of carbonyl (C=O) groups excluding carboxylic acids is 2. The van der Waals surface area contributed by atoms with E-state index in [9.17, 15) is 14.0 Å². The van der Waals surface area contributed by atoms with Crippen LogP contribution in [0.25, 0.3) is 11.0 Å². The molecular weight excluding hydrogens is 373 g/mol. The Bertz CT molecular complexity index is 1070. The number of hydrogen-bond acceptors (Lipinski definition) is 5. The average Bonchev–Trinajstić information content (AvgIpc) is 2.70. The summed E-state index contributed by atoms with van der Waals surface area (Å²) in [5, 5.41) is 0. The van der Waals surface area contributed by atoms with E-state index >= 15 is 0 Å². The topological polar surface area (TPSA) is 72.4 Å². The summed E-state index contributed by atoms with van der Waals surface area (Å²) in [5.41, 5.74) is 3.87. The second kappa shape index (κ2) is 8.77. The second-order valence-electron chi connectivity index (χ2n) is 6.71. The van der Waals surface area contributed by atoms with Crippen molar-refractivity contribution in [1.82, 2.24) is 14.9 Å². The Balaban J connectivity index is 1.65. The number of aromatic nitrogens is 2. The van der Waals surface area contributed by atoms with Gasteiger partial charge in [-0.2, -0.15) is 0 Å². The number of carbonyl (C=O) groups is 2. The normalized spacial score (nSPS) is 10.8. The molecule has 0 aliphatic carbocycles. The van der Waals surface area contributed by atoms with Crippen LogP contribution in [0.15, 0.2) is 42.5 Å². The van der Waals surface area contributed by atoms with Gasteiger partial charge in [0.2, 0.25) is 0 Å². The lowest BCUT2D eigenvalue weighted by Gasteiger charge is -2.21. The van der Waals surface area contributed by atoms with E-state index in [-0.39, 0.29) is 18.3 Å². The first-order chi connectivity index (χ1) is 13.9. The van der Waals surface area contributed by atoms with E-state index in [1.807, 2.05) is 20.8 Å². The van der Waals surface area contributed by atoms with Crippen LogP contribution in [0, 0.1) is 19.7 Å². The predicted molar refractivity (Wildman–Crippen MR) is 107 cm³/mol. The molecule has 1 amide bonds. The van der Waals surface area contributed by atoms with Gasteiger partial charge in [0.15, 0.2) is 6.61 Å². The minimum Gasteiger partial charge on any atom is -0.452 e. The minimum absolute atomic E-state index is 0.245. The summed E-state index contributed by atoms with van der Waals surface area (Å²) in [6, 6.07) is 11.0. The fraction of sp³-hybridized carbons (Fsp3) is 0.273. The molecule has 7 heteroatoms. The Hall–Kier alpha value is -3.35. The lowest BCUT2D eigenvalue weighted by atomic mass is 10.2. The molecule has 0 atom stereocenters. The van der Waals surface area contributed by atoms with Gasteiger partial charge in [-0.15, -0.1) is 0 Å². The molecule has 1 aromatic heterocycles. The Labute approximate surface area is 168 Å². The van der Waals surface area contributed by atoms with Crippen LogP contribution >= 0.6 is 0 Å². The number of ether oxygens (including phenoxy) is 1. The largest absolute Gasteiger partial charge is 0.452 e. The van der Waals surface area contributed by atoms with Gasteiger partial charge in [-0.3, -0.25) is 4.79 Å². The van der Waals surface area contributed by atoms with E-state index in [0.29, 0.717) is 28.7 Å². The number of esters is 1. The zero-order valence-corrected chi connectivity index (χ0v) is 16.6. The summed E-state index contributed by atoms with van der Waals surface area (Å²) in [6.45, 7) is 5.80. The SMILES string of the molecule is CCN(Cc1cccc(F)c1)C(=O)COC(=O)c1ccc2nc(C)c(C)nc2c1. The molecule has 0 saturated carbocycles. The standard InChI is InChI=1S/C22H22FN3O3/c1-4-26(12-16-6-5-7-18(23)10-16)21(27)13-29-22(28)17-8-9-19-20(11-17)25-15(3)14(2)24-19/h5-11H,4,12-13H2,1-3H3. The van der Waals surface area contributed by atoms with Gasteiger partial charge in [-0.1, -0.05) is 12.1 Å². The molecule has 6 nitrogen and oxygen atoms in total. The summed E-state index contributed by atoms with van der Waals surface area (Å²) in [4.78, 5) is 35.2. The number of hydrogen-bond donors (Lipinski definition) is 0. The Morgan fingerprint density at radius 3 is 2.45 bits per heavy atom. The number of nitrogens with zero attached hydrogens (tertiary/aromatic N) is 3. The highest BCUT2D eigenvalue weighted by Gasteiger charge is 2.16. The maximum absolute atomic E-state index is 13.3. The maximum atomic E-state index is 13.3. The first kappa shape index (κ1) is 20.4. The highest BCUT2D eigenvalue weighted by molar-refractivity contribution is 5.94. The number of likely N-dealkylation sites (N-methyl/N-ethyl adjacent to an activating group) is 1. The third-order valence-corrected chi connectivity index (χ3v) is 4.63. The Morgan fingerprint density at radius 2 is 1.76 bits per heavy atom. The van der Waals surface area contributed by atoms with Gasteiger partial charge in [-0.25, -0.2) is 19.2 Å². The van der Waals surface area contributed by atoms with Crippen LogP contribution in [0.5, 0.6) is 0 Å². The molecule has 3 aromatic rings. The monoisotopic (exact) mass is 395 g/mol. The average molecular weight is 395 g/mol. The lowest BCUT2D eigenvalue weighted by molar-refractivity contribution is -0.134. The number of amides is 1. The summed E-state index contributed by atoms with van der Waals surface area (Å²) >= 11 is 0. The number of benzene rings is 2. The first-order valence-electron chi connectivity index (χ1n) is 9.31. The summed E-state index contributed by atoms with van der Waals surface area (Å²) in [7, 11) is 0. The van der Waals surface area contributed by atoms with Gasteiger partial charge in [0.05, 0.1) is 28.0 Å². The zero-order valence-electron chi connectivity index (χ0n) is 16.6. The van der Waals surface area contributed by atoms with Crippen molar-refractivity contribution in [3.63, 3.8) is 0 Å². The number of rotatable bonds is 6. The number of aryl methyl sites for hydroxylation is 2. The molecule has 0 aliphatic rings. The minimum atomic E-state index is -0.609. The third kappa shape index (κ3) is 4.93. The van der Waals surface area contributed by atoms with E-state index in [4.69, 9.17) is 4.74 Å². The molecule has 0 fully saturated rings. The fourth-order valence-corrected chi connectivity index (χ4v) is 2.89.